The van der Waals surface area contributed by atoms with Gasteiger partial charge in [-0.25, -0.2) is 4.79 Å². The van der Waals surface area contributed by atoms with Crippen LogP contribution in [0.2, 0.25) is 0 Å². The Morgan fingerprint density at radius 1 is 1.00 bits per heavy atom. The third kappa shape index (κ3) is 6.84. The fourth-order valence-electron chi connectivity index (χ4n) is 3.83. The number of H-pyrrole nitrogens is 1. The summed E-state index contributed by atoms with van der Waals surface area (Å²) < 4.78 is 1.37. The predicted octanol–water partition coefficient (Wildman–Crippen LogP) is 2.67. The van der Waals surface area contributed by atoms with Gasteiger partial charge >= 0.3 is 5.69 Å². The fraction of sp³-hybridized carbons (Fsp3) is 0.346. The average Bonchev–Trinajstić information content (AvgIpc) is 2.83. The van der Waals surface area contributed by atoms with Gasteiger partial charge in [-0.3, -0.25) is 19.1 Å². The Labute approximate surface area is 199 Å². The van der Waals surface area contributed by atoms with Gasteiger partial charge < -0.3 is 16.0 Å². The van der Waals surface area contributed by atoms with Crippen LogP contribution in [0, 0.1) is 0 Å². The van der Waals surface area contributed by atoms with Crippen molar-refractivity contribution in [3.8, 4) is 0 Å². The van der Waals surface area contributed by atoms with E-state index in [1.807, 2.05) is 55.5 Å². The second kappa shape index (κ2) is 12.4. The molecular weight excluding hydrogens is 430 g/mol. The van der Waals surface area contributed by atoms with E-state index in [4.69, 9.17) is 5.73 Å². The monoisotopic (exact) mass is 463 g/mol. The summed E-state index contributed by atoms with van der Waals surface area (Å²) in [6, 6.07) is 19.6. The number of rotatable bonds is 12. The van der Waals surface area contributed by atoms with E-state index in [0.29, 0.717) is 19.6 Å². The highest BCUT2D eigenvalue weighted by Crippen LogP contribution is 2.19. The molecule has 8 heteroatoms. The molecule has 1 aromatic heterocycles. The number of nitrogens with two attached hydrogens (primary N) is 1. The lowest BCUT2D eigenvalue weighted by Gasteiger charge is -2.26. The number of carbonyl (C=O) groups excluding carboxylic acids is 1. The van der Waals surface area contributed by atoms with Crippen LogP contribution >= 0.6 is 0 Å². The first kappa shape index (κ1) is 24.8. The van der Waals surface area contributed by atoms with Gasteiger partial charge in [0.2, 0.25) is 5.91 Å². The number of hydrogen-bond donors (Lipinski definition) is 3. The van der Waals surface area contributed by atoms with Crippen LogP contribution in [0.25, 0.3) is 0 Å². The second-order valence-corrected chi connectivity index (χ2v) is 8.28. The van der Waals surface area contributed by atoms with Crippen molar-refractivity contribution in [2.45, 2.75) is 45.7 Å². The van der Waals surface area contributed by atoms with Gasteiger partial charge in [0.15, 0.2) is 0 Å². The summed E-state index contributed by atoms with van der Waals surface area (Å²) in [5.41, 5.74) is 7.46. The van der Waals surface area contributed by atoms with Crippen LogP contribution in [0.5, 0.6) is 0 Å². The third-order valence-corrected chi connectivity index (χ3v) is 5.62. The van der Waals surface area contributed by atoms with Crippen LogP contribution < -0.4 is 27.2 Å². The van der Waals surface area contributed by atoms with Gasteiger partial charge in [0.05, 0.1) is 6.54 Å². The lowest BCUT2D eigenvalue weighted by Crippen LogP contribution is -2.43. The molecule has 0 radical (unpaired) electrons. The molecule has 0 saturated heterocycles. The number of benzene rings is 2. The van der Waals surface area contributed by atoms with Gasteiger partial charge in [0.1, 0.15) is 11.5 Å². The van der Waals surface area contributed by atoms with Crippen LogP contribution in [-0.4, -0.2) is 28.5 Å². The van der Waals surface area contributed by atoms with Crippen LogP contribution in [0.1, 0.15) is 37.3 Å². The zero-order valence-corrected chi connectivity index (χ0v) is 19.6. The summed E-state index contributed by atoms with van der Waals surface area (Å²) in [6.45, 7) is 3.18. The van der Waals surface area contributed by atoms with Crippen molar-refractivity contribution in [1.29, 1.82) is 0 Å². The predicted molar refractivity (Wildman–Crippen MR) is 136 cm³/mol. The Morgan fingerprint density at radius 3 is 2.29 bits per heavy atom. The molecule has 0 saturated carbocycles. The normalized spacial score (nSPS) is 10.7. The van der Waals surface area contributed by atoms with Gasteiger partial charge in [0.25, 0.3) is 5.56 Å². The summed E-state index contributed by atoms with van der Waals surface area (Å²) in [5, 5.41) is 2.94. The molecule has 0 aliphatic carbocycles. The molecule has 0 aliphatic rings. The third-order valence-electron chi connectivity index (χ3n) is 5.62. The molecule has 0 aliphatic heterocycles. The molecule has 0 atom stereocenters. The zero-order valence-electron chi connectivity index (χ0n) is 19.6. The minimum Gasteiger partial charge on any atom is -0.383 e. The number of nitrogens with zero attached hydrogens (tertiary/aromatic N) is 2. The molecule has 3 rings (SSSR count). The zero-order chi connectivity index (χ0) is 24.3. The van der Waals surface area contributed by atoms with Gasteiger partial charge in [-0.1, -0.05) is 74.0 Å². The van der Waals surface area contributed by atoms with Gasteiger partial charge in [-0.15, -0.1) is 0 Å². The first-order valence-electron chi connectivity index (χ1n) is 11.7. The highest BCUT2D eigenvalue weighted by Gasteiger charge is 2.21. The van der Waals surface area contributed by atoms with E-state index in [-0.39, 0.29) is 24.0 Å². The maximum Gasteiger partial charge on any atom is 0.330 e. The molecule has 0 fully saturated rings. The Kier molecular flexibility index (Phi) is 9.08. The van der Waals surface area contributed by atoms with Crippen LogP contribution in [0.15, 0.2) is 70.3 Å². The van der Waals surface area contributed by atoms with Gasteiger partial charge in [0, 0.05) is 19.6 Å². The van der Waals surface area contributed by atoms with Crippen molar-refractivity contribution in [2.24, 2.45) is 0 Å². The molecular formula is C26H33N5O3. The number of anilines is 2. The molecule has 1 amide bonds. The second-order valence-electron chi connectivity index (χ2n) is 8.28. The van der Waals surface area contributed by atoms with E-state index in [0.717, 1.165) is 31.2 Å². The highest BCUT2D eigenvalue weighted by molar-refractivity contribution is 5.82. The highest BCUT2D eigenvalue weighted by atomic mass is 16.2. The summed E-state index contributed by atoms with van der Waals surface area (Å²) in [5.74, 6) is -0.135. The average molecular weight is 464 g/mol. The minimum absolute atomic E-state index is 0.0561. The SMILES string of the molecule is CCCCn1c(N)c(N(CC(=O)NCCCc2ccccc2)Cc2ccccc2)c(=O)[nH]c1=O. The number of hydrogen-bond acceptors (Lipinski definition) is 5. The fourth-order valence-corrected chi connectivity index (χ4v) is 3.83. The van der Waals surface area contributed by atoms with Crippen molar-refractivity contribution in [3.63, 3.8) is 0 Å². The minimum atomic E-state index is -0.594. The van der Waals surface area contributed by atoms with Crippen molar-refractivity contribution in [3.05, 3.63) is 92.6 Å². The largest absolute Gasteiger partial charge is 0.383 e. The lowest BCUT2D eigenvalue weighted by atomic mass is 10.1. The molecule has 8 nitrogen and oxygen atoms in total. The van der Waals surface area contributed by atoms with Crippen LogP contribution in [0.3, 0.4) is 0 Å². The lowest BCUT2D eigenvalue weighted by molar-refractivity contribution is -0.119. The molecule has 4 N–H and O–H groups in total. The maximum atomic E-state index is 12.8. The Balaban J connectivity index is 1.77. The standard InChI is InChI=1S/C26H33N5O3/c1-2-3-17-31-24(27)23(25(33)29-26(31)34)30(18-21-13-8-5-9-14-21)19-22(32)28-16-10-15-20-11-6-4-7-12-20/h4-9,11-14H,2-3,10,15-19,27H2,1H3,(H,28,32)(H,29,33,34). The smallest absolute Gasteiger partial charge is 0.330 e. The van der Waals surface area contributed by atoms with E-state index in [1.54, 1.807) is 4.90 Å². The van der Waals surface area contributed by atoms with Crippen molar-refractivity contribution in [2.75, 3.05) is 23.7 Å². The molecule has 0 unspecified atom stereocenters. The van der Waals surface area contributed by atoms with Crippen LogP contribution in [-0.2, 0) is 24.3 Å². The number of unbranched alkanes of at least 4 members (excludes halogenated alkanes) is 1. The Hall–Kier alpha value is -3.81. The number of carbonyl (C=O) groups is 1. The summed E-state index contributed by atoms with van der Waals surface area (Å²) in [6.07, 6.45) is 3.29. The molecule has 1 heterocycles. The number of nitrogens with one attached hydrogen (secondary N) is 2. The van der Waals surface area contributed by atoms with E-state index in [9.17, 15) is 14.4 Å². The van der Waals surface area contributed by atoms with Crippen molar-refractivity contribution < 1.29 is 4.79 Å². The van der Waals surface area contributed by atoms with E-state index >= 15 is 0 Å². The quantitative estimate of drug-likeness (QED) is 0.358. The number of aromatic nitrogens is 2. The summed E-state index contributed by atoms with van der Waals surface area (Å²) in [7, 11) is 0. The first-order valence-corrected chi connectivity index (χ1v) is 11.7. The maximum absolute atomic E-state index is 12.8. The van der Waals surface area contributed by atoms with Gasteiger partial charge in [-0.05, 0) is 30.4 Å². The Morgan fingerprint density at radius 2 is 1.65 bits per heavy atom. The Bertz CT molecular complexity index is 1170. The van der Waals surface area contributed by atoms with E-state index in [2.05, 4.69) is 22.4 Å². The topological polar surface area (TPSA) is 113 Å². The molecule has 0 bridgehead atoms. The molecule has 0 spiro atoms. The van der Waals surface area contributed by atoms with Crippen molar-refractivity contribution >= 4 is 17.4 Å². The number of aromatic amines is 1. The summed E-state index contributed by atoms with van der Waals surface area (Å²) >= 11 is 0. The van der Waals surface area contributed by atoms with Crippen LogP contribution in [0.4, 0.5) is 11.5 Å². The number of amides is 1. The van der Waals surface area contributed by atoms with E-state index < -0.39 is 11.2 Å². The summed E-state index contributed by atoms with van der Waals surface area (Å²) in [4.78, 5) is 41.9. The molecule has 180 valence electrons. The van der Waals surface area contributed by atoms with Gasteiger partial charge in [-0.2, -0.15) is 0 Å². The molecule has 2 aromatic carbocycles. The van der Waals surface area contributed by atoms with E-state index in [1.165, 1.54) is 10.1 Å². The molecule has 34 heavy (non-hydrogen) atoms. The number of aryl methyl sites for hydroxylation is 1. The molecule has 3 aromatic rings. The number of nitrogen functional groups attached to an aromatic ring is 1. The first-order chi connectivity index (χ1) is 16.5. The van der Waals surface area contributed by atoms with Crippen molar-refractivity contribution in [1.82, 2.24) is 14.9 Å².